The highest BCUT2D eigenvalue weighted by Gasteiger charge is 2.28. The first-order valence-electron chi connectivity index (χ1n) is 10.1. The molecule has 2 fully saturated rings. The van der Waals surface area contributed by atoms with Gasteiger partial charge in [-0.1, -0.05) is 30.0 Å². The van der Waals surface area contributed by atoms with E-state index in [1.807, 2.05) is 23.1 Å². The lowest BCUT2D eigenvalue weighted by molar-refractivity contribution is -0.128. The maximum absolute atomic E-state index is 12.7. The summed E-state index contributed by atoms with van der Waals surface area (Å²) in [6.45, 7) is 7.66. The van der Waals surface area contributed by atoms with Gasteiger partial charge in [0.25, 0.3) is 0 Å². The number of benzene rings is 1. The molecule has 2 aliphatic heterocycles. The number of thioether (sulfide) groups is 1. The smallest absolute Gasteiger partial charge is 0.233 e. The summed E-state index contributed by atoms with van der Waals surface area (Å²) in [6, 6.07) is 9.05. The van der Waals surface area contributed by atoms with Gasteiger partial charge in [-0.15, -0.1) is 0 Å². The SMILES string of the molecule is COc1cccc(N2CCN(C(=O)CSC(=S)N3[C@H](C)CCC[C@@H]3C)CC2)c1. The Morgan fingerprint density at radius 1 is 1.18 bits per heavy atom. The third-order valence-corrected chi connectivity index (χ3v) is 7.19. The average Bonchev–Trinajstić information content (AvgIpc) is 2.72. The van der Waals surface area contributed by atoms with Gasteiger partial charge in [-0.3, -0.25) is 4.79 Å². The lowest BCUT2D eigenvalue weighted by Crippen LogP contribution is -2.50. The van der Waals surface area contributed by atoms with E-state index in [0.717, 1.165) is 41.9 Å². The van der Waals surface area contributed by atoms with Crippen LogP contribution in [0.4, 0.5) is 5.69 Å². The number of piperidine rings is 1. The Bertz CT molecular complexity index is 682. The summed E-state index contributed by atoms with van der Waals surface area (Å²) in [7, 11) is 1.68. The molecule has 0 unspecified atom stereocenters. The molecular formula is C21H31N3O2S2. The molecule has 5 nitrogen and oxygen atoms in total. The van der Waals surface area contributed by atoms with Crippen molar-refractivity contribution in [1.82, 2.24) is 9.80 Å². The number of anilines is 1. The molecule has 1 amide bonds. The van der Waals surface area contributed by atoms with Gasteiger partial charge in [0.2, 0.25) is 5.91 Å². The van der Waals surface area contributed by atoms with E-state index in [0.29, 0.717) is 17.8 Å². The maximum atomic E-state index is 12.7. The van der Waals surface area contributed by atoms with E-state index in [9.17, 15) is 4.79 Å². The minimum Gasteiger partial charge on any atom is -0.497 e. The maximum Gasteiger partial charge on any atom is 0.233 e. The molecule has 2 heterocycles. The van der Waals surface area contributed by atoms with Gasteiger partial charge in [0.05, 0.1) is 12.9 Å². The lowest BCUT2D eigenvalue weighted by atomic mass is 9.99. The van der Waals surface area contributed by atoms with Crippen molar-refractivity contribution in [3.63, 3.8) is 0 Å². The summed E-state index contributed by atoms with van der Waals surface area (Å²) in [6.07, 6.45) is 3.64. The van der Waals surface area contributed by atoms with Crippen molar-refractivity contribution in [2.75, 3.05) is 43.9 Å². The molecular weight excluding hydrogens is 390 g/mol. The minimum absolute atomic E-state index is 0.190. The van der Waals surface area contributed by atoms with E-state index in [1.54, 1.807) is 7.11 Å². The van der Waals surface area contributed by atoms with Crippen LogP contribution in [0.3, 0.4) is 0 Å². The highest BCUT2D eigenvalue weighted by Crippen LogP contribution is 2.27. The number of hydrogen-bond donors (Lipinski definition) is 0. The highest BCUT2D eigenvalue weighted by atomic mass is 32.2. The zero-order chi connectivity index (χ0) is 20.1. The lowest BCUT2D eigenvalue weighted by Gasteiger charge is -2.40. The van der Waals surface area contributed by atoms with Gasteiger partial charge in [-0.2, -0.15) is 0 Å². The van der Waals surface area contributed by atoms with Gasteiger partial charge in [0.1, 0.15) is 10.1 Å². The number of rotatable bonds is 4. The van der Waals surface area contributed by atoms with E-state index in [-0.39, 0.29) is 5.91 Å². The van der Waals surface area contributed by atoms with E-state index in [4.69, 9.17) is 17.0 Å². The molecule has 0 saturated carbocycles. The molecule has 2 atom stereocenters. The molecule has 154 valence electrons. The quantitative estimate of drug-likeness (QED) is 0.691. The Hall–Kier alpha value is -1.47. The van der Waals surface area contributed by atoms with Crippen LogP contribution in [-0.4, -0.2) is 71.2 Å². The number of ether oxygens (including phenoxy) is 1. The van der Waals surface area contributed by atoms with Crippen LogP contribution >= 0.6 is 24.0 Å². The van der Waals surface area contributed by atoms with Crippen molar-refractivity contribution in [1.29, 1.82) is 0 Å². The number of hydrogen-bond acceptors (Lipinski definition) is 5. The van der Waals surface area contributed by atoms with Crippen LogP contribution in [0, 0.1) is 0 Å². The van der Waals surface area contributed by atoms with E-state index in [2.05, 4.69) is 29.7 Å². The van der Waals surface area contributed by atoms with Crippen molar-refractivity contribution < 1.29 is 9.53 Å². The monoisotopic (exact) mass is 421 g/mol. The van der Waals surface area contributed by atoms with E-state index >= 15 is 0 Å². The molecule has 0 aliphatic carbocycles. The normalized spacial score (nSPS) is 22.9. The Kier molecular flexibility index (Phi) is 7.46. The molecule has 1 aromatic carbocycles. The van der Waals surface area contributed by atoms with Gasteiger partial charge in [0, 0.05) is 50.0 Å². The number of methoxy groups -OCH3 is 1. The van der Waals surface area contributed by atoms with Gasteiger partial charge >= 0.3 is 0 Å². The predicted molar refractivity (Wildman–Crippen MR) is 121 cm³/mol. The summed E-state index contributed by atoms with van der Waals surface area (Å²) in [4.78, 5) is 19.3. The molecule has 0 radical (unpaired) electrons. The molecule has 0 aromatic heterocycles. The van der Waals surface area contributed by atoms with Crippen molar-refractivity contribution in [2.24, 2.45) is 0 Å². The number of nitrogens with zero attached hydrogens (tertiary/aromatic N) is 3. The Balaban J connectivity index is 1.46. The first-order chi connectivity index (χ1) is 13.5. The molecule has 0 N–H and O–H groups in total. The average molecular weight is 422 g/mol. The van der Waals surface area contributed by atoms with Crippen LogP contribution in [0.25, 0.3) is 0 Å². The number of piperazine rings is 1. The highest BCUT2D eigenvalue weighted by molar-refractivity contribution is 8.23. The van der Waals surface area contributed by atoms with Crippen molar-refractivity contribution in [3.05, 3.63) is 24.3 Å². The first-order valence-corrected chi connectivity index (χ1v) is 11.5. The summed E-state index contributed by atoms with van der Waals surface area (Å²) in [5.41, 5.74) is 1.15. The molecule has 2 saturated heterocycles. The molecule has 0 spiro atoms. The van der Waals surface area contributed by atoms with Crippen LogP contribution in [0.5, 0.6) is 5.75 Å². The molecule has 3 rings (SSSR count). The third kappa shape index (κ3) is 5.11. The Labute approximate surface area is 178 Å². The molecule has 28 heavy (non-hydrogen) atoms. The fraction of sp³-hybridized carbons (Fsp3) is 0.619. The Morgan fingerprint density at radius 2 is 1.86 bits per heavy atom. The predicted octanol–water partition coefficient (Wildman–Crippen LogP) is 3.62. The van der Waals surface area contributed by atoms with Gasteiger partial charge in [-0.05, 0) is 45.2 Å². The summed E-state index contributed by atoms with van der Waals surface area (Å²) < 4.78 is 6.19. The summed E-state index contributed by atoms with van der Waals surface area (Å²) in [5.74, 6) is 1.49. The Morgan fingerprint density at radius 3 is 2.50 bits per heavy atom. The summed E-state index contributed by atoms with van der Waals surface area (Å²) in [5, 5.41) is 0. The minimum atomic E-state index is 0.190. The fourth-order valence-corrected chi connectivity index (χ4v) is 5.57. The van der Waals surface area contributed by atoms with Crippen molar-refractivity contribution in [2.45, 2.75) is 45.2 Å². The largest absolute Gasteiger partial charge is 0.497 e. The second-order valence-corrected chi connectivity index (χ2v) is 9.27. The van der Waals surface area contributed by atoms with Gasteiger partial charge in [-0.25, -0.2) is 0 Å². The second-order valence-electron chi connectivity index (χ2n) is 7.66. The van der Waals surface area contributed by atoms with Crippen LogP contribution < -0.4 is 9.64 Å². The number of thiocarbonyl (C=S) groups is 1. The number of likely N-dealkylation sites (tertiary alicyclic amines) is 1. The molecule has 2 aliphatic rings. The third-order valence-electron chi connectivity index (χ3n) is 5.77. The molecule has 7 heteroatoms. The van der Waals surface area contributed by atoms with Crippen molar-refractivity contribution >= 4 is 39.9 Å². The molecule has 0 bridgehead atoms. The van der Waals surface area contributed by atoms with E-state index in [1.165, 1.54) is 31.0 Å². The number of amides is 1. The van der Waals surface area contributed by atoms with Gasteiger partial charge < -0.3 is 19.4 Å². The van der Waals surface area contributed by atoms with Crippen LogP contribution in [0.2, 0.25) is 0 Å². The number of carbonyl (C=O) groups excluding carboxylic acids is 1. The summed E-state index contributed by atoms with van der Waals surface area (Å²) >= 11 is 7.18. The van der Waals surface area contributed by atoms with Crippen LogP contribution in [0.15, 0.2) is 24.3 Å². The zero-order valence-electron chi connectivity index (χ0n) is 17.1. The van der Waals surface area contributed by atoms with Gasteiger partial charge in [0.15, 0.2) is 0 Å². The van der Waals surface area contributed by atoms with E-state index < -0.39 is 0 Å². The first kappa shape index (κ1) is 21.2. The van der Waals surface area contributed by atoms with Crippen LogP contribution in [-0.2, 0) is 4.79 Å². The number of carbonyl (C=O) groups is 1. The van der Waals surface area contributed by atoms with Crippen LogP contribution in [0.1, 0.15) is 33.1 Å². The molecule has 1 aromatic rings. The fourth-order valence-electron chi connectivity index (χ4n) is 4.09. The zero-order valence-corrected chi connectivity index (χ0v) is 18.7. The second kappa shape index (κ2) is 9.83. The van der Waals surface area contributed by atoms with Crippen molar-refractivity contribution in [3.8, 4) is 5.75 Å². The topological polar surface area (TPSA) is 36.0 Å². The standard InChI is InChI=1S/C21H31N3O2S2/c1-16-6-4-7-17(2)24(16)21(27)28-15-20(25)23-12-10-22(11-13-23)18-8-5-9-19(14-18)26-3/h5,8-9,14,16-17H,4,6-7,10-13,15H2,1-3H3/t16-,17+.